The lowest BCUT2D eigenvalue weighted by molar-refractivity contribution is -0.171. The van der Waals surface area contributed by atoms with Crippen LogP contribution in [0.2, 0.25) is 0 Å². The summed E-state index contributed by atoms with van der Waals surface area (Å²) in [6, 6.07) is 4.06. The molecule has 9 heteroatoms. The van der Waals surface area contributed by atoms with Gasteiger partial charge in [0.15, 0.2) is 6.61 Å². The van der Waals surface area contributed by atoms with E-state index in [1.54, 1.807) is 0 Å². The van der Waals surface area contributed by atoms with E-state index in [1.165, 1.54) is 32.4 Å². The Bertz CT molecular complexity index is 961. The van der Waals surface area contributed by atoms with Crippen LogP contribution < -0.4 is 5.32 Å². The maximum Gasteiger partial charge on any atom is 0.339 e. The fourth-order valence-electron chi connectivity index (χ4n) is 6.04. The molecule has 0 aliphatic heterocycles. The number of rotatable bonds is 6. The quantitative estimate of drug-likeness (QED) is 0.391. The Kier molecular flexibility index (Phi) is 5.92. The van der Waals surface area contributed by atoms with Crippen molar-refractivity contribution in [1.29, 1.82) is 0 Å². The molecule has 32 heavy (non-hydrogen) atoms. The van der Waals surface area contributed by atoms with Crippen molar-refractivity contribution in [3.05, 3.63) is 29.3 Å². The summed E-state index contributed by atoms with van der Waals surface area (Å²) in [6.45, 7) is -0.506. The number of carbonyl (C=O) groups excluding carboxylic acids is 4. The highest BCUT2D eigenvalue weighted by Gasteiger charge is 2.60. The smallest absolute Gasteiger partial charge is 0.339 e. The number of carbonyl (C=O) groups is 4. The van der Waals surface area contributed by atoms with Crippen LogP contribution >= 0.6 is 11.6 Å². The van der Waals surface area contributed by atoms with Gasteiger partial charge in [-0.15, -0.1) is 11.6 Å². The fraction of sp³-hybridized carbons (Fsp3) is 0.565. The third-order valence-corrected chi connectivity index (χ3v) is 7.32. The lowest BCUT2D eigenvalue weighted by Crippen LogP contribution is -2.56. The van der Waals surface area contributed by atoms with Gasteiger partial charge in [0, 0.05) is 4.87 Å². The van der Waals surface area contributed by atoms with Crippen LogP contribution in [0.1, 0.15) is 59.2 Å². The van der Waals surface area contributed by atoms with Gasteiger partial charge in [-0.3, -0.25) is 9.59 Å². The highest BCUT2D eigenvalue weighted by molar-refractivity contribution is 6.24. The summed E-state index contributed by atoms with van der Waals surface area (Å²) >= 11 is 6.78. The summed E-state index contributed by atoms with van der Waals surface area (Å²) < 4.78 is 14.8. The largest absolute Gasteiger partial charge is 0.465 e. The number of alkyl halides is 1. The van der Waals surface area contributed by atoms with Crippen LogP contribution in [0.4, 0.5) is 5.69 Å². The normalized spacial score (nSPS) is 29.8. The summed E-state index contributed by atoms with van der Waals surface area (Å²) in [5, 5.41) is 2.53. The number of methoxy groups -OCH3 is 2. The highest BCUT2D eigenvalue weighted by Crippen LogP contribution is 2.64. The molecule has 8 nitrogen and oxygen atoms in total. The van der Waals surface area contributed by atoms with Gasteiger partial charge in [0.1, 0.15) is 0 Å². The molecule has 1 N–H and O–H groups in total. The van der Waals surface area contributed by atoms with E-state index in [2.05, 4.69) is 10.1 Å². The highest BCUT2D eigenvalue weighted by atomic mass is 35.5. The molecule has 5 rings (SSSR count). The van der Waals surface area contributed by atoms with Gasteiger partial charge >= 0.3 is 17.9 Å². The summed E-state index contributed by atoms with van der Waals surface area (Å²) in [4.78, 5) is 49.1. The van der Waals surface area contributed by atoms with Crippen LogP contribution in [0.3, 0.4) is 0 Å². The maximum atomic E-state index is 13.0. The molecule has 4 fully saturated rings. The van der Waals surface area contributed by atoms with Crippen LogP contribution in [0.5, 0.6) is 0 Å². The molecular weight excluding hydrogens is 438 g/mol. The third-order valence-electron chi connectivity index (χ3n) is 6.88. The number of hydrogen-bond acceptors (Lipinski definition) is 7. The number of nitrogens with one attached hydrogen (secondary N) is 1. The molecule has 172 valence electrons. The van der Waals surface area contributed by atoms with Gasteiger partial charge in [0.25, 0.3) is 5.91 Å². The first-order chi connectivity index (χ1) is 15.2. The van der Waals surface area contributed by atoms with E-state index in [0.717, 1.165) is 32.1 Å². The average molecular weight is 464 g/mol. The maximum absolute atomic E-state index is 13.0. The number of esters is 3. The minimum absolute atomic E-state index is 0.0602. The molecule has 4 aliphatic carbocycles. The number of anilines is 1. The molecule has 1 aromatic rings. The second-order valence-corrected chi connectivity index (χ2v) is 10.1. The first-order valence-corrected chi connectivity index (χ1v) is 11.0. The molecule has 4 aliphatic rings. The van der Waals surface area contributed by atoms with E-state index in [0.29, 0.717) is 18.3 Å². The molecular formula is C23H26ClNO7. The molecule has 2 atom stereocenters. The summed E-state index contributed by atoms with van der Waals surface area (Å²) in [5.74, 6) is -1.47. The Morgan fingerprint density at radius 2 is 1.69 bits per heavy atom. The predicted octanol–water partition coefficient (Wildman–Crippen LogP) is 3.32. The van der Waals surface area contributed by atoms with Crippen LogP contribution in [0.15, 0.2) is 18.2 Å². The van der Waals surface area contributed by atoms with Crippen molar-refractivity contribution >= 4 is 41.1 Å². The molecule has 4 bridgehead atoms. The zero-order chi connectivity index (χ0) is 23.1. The van der Waals surface area contributed by atoms with Gasteiger partial charge in [0.05, 0.1) is 36.4 Å². The van der Waals surface area contributed by atoms with Crippen molar-refractivity contribution in [2.24, 2.45) is 17.3 Å². The van der Waals surface area contributed by atoms with E-state index in [1.807, 2.05) is 0 Å². The van der Waals surface area contributed by atoms with Gasteiger partial charge in [-0.1, -0.05) is 0 Å². The van der Waals surface area contributed by atoms with Crippen molar-refractivity contribution in [3.8, 4) is 0 Å². The minimum Gasteiger partial charge on any atom is -0.465 e. The first-order valence-electron chi connectivity index (χ1n) is 10.6. The van der Waals surface area contributed by atoms with Gasteiger partial charge in [-0.25, -0.2) is 9.59 Å². The standard InChI is InChI=1S/C23H26ClNO7/c1-30-19(27)15-3-4-16(20(28)31-2)17(6-15)25-18(26)11-32-21(29)22-7-13-5-14(8-22)10-23(24,9-13)12-22/h3-4,6,13-14H,5,7-12H2,1-2H3,(H,25,26)/t13-,14-,22?,23?/m1/s1. The third kappa shape index (κ3) is 4.20. The Morgan fingerprint density at radius 3 is 2.28 bits per heavy atom. The molecule has 0 unspecified atom stereocenters. The fourth-order valence-corrected chi connectivity index (χ4v) is 6.73. The summed E-state index contributed by atoms with van der Waals surface area (Å²) in [5.41, 5.74) is -0.345. The number of ether oxygens (including phenoxy) is 3. The van der Waals surface area contributed by atoms with E-state index < -0.39 is 29.9 Å². The van der Waals surface area contributed by atoms with Crippen LogP contribution in [-0.4, -0.2) is 49.5 Å². The number of hydrogen-bond donors (Lipinski definition) is 1. The van der Waals surface area contributed by atoms with Crippen molar-refractivity contribution in [1.82, 2.24) is 0 Å². The van der Waals surface area contributed by atoms with Gasteiger partial charge in [-0.05, 0) is 68.6 Å². The molecule has 4 saturated carbocycles. The second-order valence-electron chi connectivity index (χ2n) is 9.26. The molecule has 0 spiro atoms. The molecule has 0 saturated heterocycles. The van der Waals surface area contributed by atoms with Crippen LogP contribution in [-0.2, 0) is 23.8 Å². The summed E-state index contributed by atoms with van der Waals surface area (Å²) in [7, 11) is 2.43. The van der Waals surface area contributed by atoms with Gasteiger partial charge in [-0.2, -0.15) is 0 Å². The number of halogens is 1. The zero-order valence-electron chi connectivity index (χ0n) is 18.1. The Morgan fingerprint density at radius 1 is 1.03 bits per heavy atom. The Hall–Kier alpha value is -2.61. The zero-order valence-corrected chi connectivity index (χ0v) is 18.8. The van der Waals surface area contributed by atoms with E-state index in [9.17, 15) is 19.2 Å². The predicted molar refractivity (Wildman–Crippen MR) is 114 cm³/mol. The lowest BCUT2D eigenvalue weighted by atomic mass is 9.49. The van der Waals surface area contributed by atoms with E-state index in [-0.39, 0.29) is 27.7 Å². The SMILES string of the molecule is COC(=O)c1ccc(C(=O)OC)c(NC(=O)COC(=O)C23C[C@H]4C[C@@H](CC(Cl)(C4)C2)C3)c1. The molecule has 1 amide bonds. The molecule has 0 heterocycles. The lowest BCUT2D eigenvalue weighted by Gasteiger charge is -2.58. The Balaban J connectivity index is 1.43. The first kappa shape index (κ1) is 22.6. The van der Waals surface area contributed by atoms with Crippen molar-refractivity contribution in [2.45, 2.75) is 43.4 Å². The molecule has 0 aromatic heterocycles. The Labute approximate surface area is 190 Å². The number of amides is 1. The molecule has 1 aromatic carbocycles. The second kappa shape index (κ2) is 8.39. The number of benzene rings is 1. The average Bonchev–Trinajstić information content (AvgIpc) is 2.74. The monoisotopic (exact) mass is 463 g/mol. The van der Waals surface area contributed by atoms with Crippen molar-refractivity contribution in [2.75, 3.05) is 26.1 Å². The van der Waals surface area contributed by atoms with Crippen LogP contribution in [0, 0.1) is 17.3 Å². The van der Waals surface area contributed by atoms with Crippen LogP contribution in [0.25, 0.3) is 0 Å². The van der Waals surface area contributed by atoms with Gasteiger partial charge < -0.3 is 19.5 Å². The van der Waals surface area contributed by atoms with E-state index in [4.69, 9.17) is 21.1 Å². The topological polar surface area (TPSA) is 108 Å². The van der Waals surface area contributed by atoms with Gasteiger partial charge in [0.2, 0.25) is 0 Å². The molecule has 0 radical (unpaired) electrons. The summed E-state index contributed by atoms with van der Waals surface area (Å²) in [6.07, 6.45) is 5.08. The van der Waals surface area contributed by atoms with E-state index >= 15 is 0 Å². The minimum atomic E-state index is -0.685. The van der Waals surface area contributed by atoms with Crippen molar-refractivity contribution < 1.29 is 33.4 Å². The van der Waals surface area contributed by atoms with Crippen molar-refractivity contribution in [3.63, 3.8) is 0 Å².